The lowest BCUT2D eigenvalue weighted by atomic mass is 10.1. The summed E-state index contributed by atoms with van der Waals surface area (Å²) in [5.41, 5.74) is 0.200. The minimum Gasteiger partial charge on any atom is -0.381 e. The molecule has 2 rings (SSSR count). The summed E-state index contributed by atoms with van der Waals surface area (Å²) in [4.78, 5) is 23.3. The Morgan fingerprint density at radius 2 is 1.76 bits per heavy atom. The van der Waals surface area contributed by atoms with Gasteiger partial charge < -0.3 is 15.4 Å². The minimum absolute atomic E-state index is 0.239. The molecule has 0 saturated carbocycles. The Hall–Kier alpha value is -1.36. The Labute approximate surface area is 125 Å². The van der Waals surface area contributed by atoms with Crippen molar-refractivity contribution in [1.82, 2.24) is 0 Å². The number of ether oxygens (including phenoxy) is 1. The van der Waals surface area contributed by atoms with Crippen LogP contribution in [0.3, 0.4) is 0 Å². The van der Waals surface area contributed by atoms with Crippen molar-refractivity contribution in [3.05, 3.63) is 20.4 Å². The Kier molecular flexibility index (Phi) is 5.79. The first-order valence-corrected chi connectivity index (χ1v) is 8.01. The van der Waals surface area contributed by atoms with Crippen LogP contribution in [0.2, 0.25) is 0 Å². The molecule has 0 aromatic heterocycles. The van der Waals surface area contributed by atoms with Crippen LogP contribution in [0.25, 0.3) is 0 Å². The van der Waals surface area contributed by atoms with E-state index in [0.717, 1.165) is 32.2 Å². The van der Waals surface area contributed by atoms with Gasteiger partial charge in [0.15, 0.2) is 0 Å². The fourth-order valence-electron chi connectivity index (χ4n) is 2.64. The lowest BCUT2D eigenvalue weighted by molar-refractivity contribution is 0.0904. The largest absolute Gasteiger partial charge is 0.381 e. The standard InChI is InChI=1S/C16H26N2O3/c1-11(2)5-3-4-8-17-13-14(16(20)15(13)19)18-12-6-9-21-10-7-12/h11-12,17-18H,3-10H2,1-2H3. The number of hydrogen-bond donors (Lipinski definition) is 2. The molecule has 2 N–H and O–H groups in total. The molecule has 1 aliphatic rings. The summed E-state index contributed by atoms with van der Waals surface area (Å²) in [5, 5.41) is 6.34. The summed E-state index contributed by atoms with van der Waals surface area (Å²) in [6.45, 7) is 6.59. The third kappa shape index (κ3) is 4.30. The highest BCUT2D eigenvalue weighted by molar-refractivity contribution is 5.74. The molecule has 0 radical (unpaired) electrons. The Balaban J connectivity index is 1.81. The predicted octanol–water partition coefficient (Wildman–Crippen LogP) is 2.11. The third-order valence-corrected chi connectivity index (χ3v) is 3.99. The van der Waals surface area contributed by atoms with Gasteiger partial charge in [0.05, 0.1) is 0 Å². The predicted molar refractivity (Wildman–Crippen MR) is 86.0 cm³/mol. The molecule has 1 saturated heterocycles. The number of rotatable bonds is 8. The molecule has 1 fully saturated rings. The molecular formula is C16H26N2O3. The van der Waals surface area contributed by atoms with Crippen molar-refractivity contribution >= 4 is 11.4 Å². The molecule has 1 heterocycles. The van der Waals surface area contributed by atoms with Gasteiger partial charge in [-0.15, -0.1) is 0 Å². The quantitative estimate of drug-likeness (QED) is 0.568. The highest BCUT2D eigenvalue weighted by Crippen LogP contribution is 2.19. The van der Waals surface area contributed by atoms with E-state index in [-0.39, 0.29) is 16.9 Å². The van der Waals surface area contributed by atoms with Gasteiger partial charge in [-0.2, -0.15) is 0 Å². The van der Waals surface area contributed by atoms with E-state index in [1.54, 1.807) is 0 Å². The van der Waals surface area contributed by atoms with Crippen LogP contribution < -0.4 is 21.5 Å². The van der Waals surface area contributed by atoms with E-state index in [2.05, 4.69) is 24.5 Å². The zero-order valence-electron chi connectivity index (χ0n) is 13.0. The van der Waals surface area contributed by atoms with Gasteiger partial charge >= 0.3 is 0 Å². The summed E-state index contributed by atoms with van der Waals surface area (Å²) in [5.74, 6) is 0.710. The van der Waals surface area contributed by atoms with Crippen LogP contribution in [-0.4, -0.2) is 25.8 Å². The second-order valence-electron chi connectivity index (χ2n) is 6.26. The number of unbranched alkanes of at least 4 members (excludes halogenated alkanes) is 1. The van der Waals surface area contributed by atoms with E-state index >= 15 is 0 Å². The van der Waals surface area contributed by atoms with Crippen LogP contribution in [0, 0.1) is 5.92 Å². The normalized spacial score (nSPS) is 16.5. The minimum atomic E-state index is -0.383. The van der Waals surface area contributed by atoms with Crippen molar-refractivity contribution in [3.8, 4) is 0 Å². The first-order chi connectivity index (χ1) is 10.1. The van der Waals surface area contributed by atoms with Gasteiger partial charge in [-0.1, -0.05) is 26.7 Å². The van der Waals surface area contributed by atoms with Gasteiger partial charge in [-0.05, 0) is 25.2 Å². The van der Waals surface area contributed by atoms with Crippen molar-refractivity contribution in [2.24, 2.45) is 5.92 Å². The second-order valence-corrected chi connectivity index (χ2v) is 6.26. The van der Waals surface area contributed by atoms with Gasteiger partial charge in [0.25, 0.3) is 10.9 Å². The van der Waals surface area contributed by atoms with Gasteiger partial charge in [0.1, 0.15) is 11.4 Å². The Bertz CT molecular complexity index is 512. The molecule has 0 atom stereocenters. The van der Waals surface area contributed by atoms with Crippen molar-refractivity contribution in [2.75, 3.05) is 30.4 Å². The van der Waals surface area contributed by atoms with Crippen molar-refractivity contribution in [2.45, 2.75) is 52.0 Å². The summed E-state index contributed by atoms with van der Waals surface area (Å²) in [7, 11) is 0. The molecule has 0 aliphatic carbocycles. The summed E-state index contributed by atoms with van der Waals surface area (Å²) >= 11 is 0. The SMILES string of the molecule is CC(C)CCCCNc1c(NC2CCOCC2)c(=O)c1=O. The molecule has 1 aromatic rings. The highest BCUT2D eigenvalue weighted by Gasteiger charge is 2.24. The van der Waals surface area contributed by atoms with Crippen LogP contribution in [0.4, 0.5) is 11.4 Å². The van der Waals surface area contributed by atoms with Crippen LogP contribution >= 0.6 is 0 Å². The molecular weight excluding hydrogens is 268 g/mol. The maximum absolute atomic E-state index is 11.7. The zero-order valence-corrected chi connectivity index (χ0v) is 13.0. The fraction of sp³-hybridized carbons (Fsp3) is 0.750. The molecule has 5 heteroatoms. The summed E-state index contributed by atoms with van der Waals surface area (Å²) < 4.78 is 5.30. The average Bonchev–Trinajstić information content (AvgIpc) is 2.49. The van der Waals surface area contributed by atoms with Crippen LogP contribution in [0.5, 0.6) is 0 Å². The number of nitrogens with one attached hydrogen (secondary N) is 2. The van der Waals surface area contributed by atoms with E-state index in [1.807, 2.05) is 0 Å². The molecule has 21 heavy (non-hydrogen) atoms. The summed E-state index contributed by atoms with van der Waals surface area (Å²) in [6, 6.07) is 0.239. The van der Waals surface area contributed by atoms with Crippen molar-refractivity contribution < 1.29 is 4.74 Å². The van der Waals surface area contributed by atoms with Crippen LogP contribution in [-0.2, 0) is 4.74 Å². The van der Waals surface area contributed by atoms with Crippen molar-refractivity contribution in [1.29, 1.82) is 0 Å². The molecule has 0 spiro atoms. The first kappa shape index (κ1) is 16.0. The second kappa shape index (κ2) is 7.59. The van der Waals surface area contributed by atoms with E-state index < -0.39 is 0 Å². The van der Waals surface area contributed by atoms with E-state index in [9.17, 15) is 9.59 Å². The molecule has 118 valence electrons. The first-order valence-electron chi connectivity index (χ1n) is 8.01. The van der Waals surface area contributed by atoms with Gasteiger partial charge in [-0.3, -0.25) is 9.59 Å². The maximum Gasteiger partial charge on any atom is 0.253 e. The van der Waals surface area contributed by atoms with E-state index in [1.165, 1.54) is 6.42 Å². The van der Waals surface area contributed by atoms with Gasteiger partial charge in [0, 0.05) is 25.8 Å². The Morgan fingerprint density at radius 3 is 2.43 bits per heavy atom. The molecule has 1 aliphatic heterocycles. The fourth-order valence-corrected chi connectivity index (χ4v) is 2.64. The maximum atomic E-state index is 11.7. The monoisotopic (exact) mass is 294 g/mol. The molecule has 0 unspecified atom stereocenters. The Morgan fingerprint density at radius 1 is 1.10 bits per heavy atom. The lowest BCUT2D eigenvalue weighted by Gasteiger charge is -2.25. The lowest BCUT2D eigenvalue weighted by Crippen LogP contribution is -2.41. The van der Waals surface area contributed by atoms with Gasteiger partial charge in [-0.25, -0.2) is 0 Å². The van der Waals surface area contributed by atoms with E-state index in [4.69, 9.17) is 4.74 Å². The number of anilines is 2. The number of hydrogen-bond acceptors (Lipinski definition) is 5. The van der Waals surface area contributed by atoms with Gasteiger partial charge in [0.2, 0.25) is 0 Å². The van der Waals surface area contributed by atoms with E-state index in [0.29, 0.717) is 30.5 Å². The summed E-state index contributed by atoms with van der Waals surface area (Å²) in [6.07, 6.45) is 5.12. The highest BCUT2D eigenvalue weighted by atomic mass is 16.5. The topological polar surface area (TPSA) is 67.4 Å². The zero-order chi connectivity index (χ0) is 15.2. The van der Waals surface area contributed by atoms with Crippen LogP contribution in [0.1, 0.15) is 46.0 Å². The molecule has 0 bridgehead atoms. The third-order valence-electron chi connectivity index (χ3n) is 3.99. The molecule has 0 amide bonds. The smallest absolute Gasteiger partial charge is 0.253 e. The average molecular weight is 294 g/mol. The molecule has 1 aromatic carbocycles. The molecule has 5 nitrogen and oxygen atoms in total. The van der Waals surface area contributed by atoms with Crippen LogP contribution in [0.15, 0.2) is 9.59 Å². The van der Waals surface area contributed by atoms with Crippen molar-refractivity contribution in [3.63, 3.8) is 0 Å².